The Bertz CT molecular complexity index is 822. The predicted molar refractivity (Wildman–Crippen MR) is 108 cm³/mol. The zero-order valence-corrected chi connectivity index (χ0v) is 15.9. The molecule has 0 aliphatic carbocycles. The van der Waals surface area contributed by atoms with Gasteiger partial charge in [0.1, 0.15) is 5.75 Å². The lowest BCUT2D eigenvalue weighted by molar-refractivity contribution is -0.384. The highest BCUT2D eigenvalue weighted by atomic mass is 32.1. The molecule has 2 aromatic rings. The smallest absolute Gasteiger partial charge is 0.269 e. The molecule has 0 saturated carbocycles. The van der Waals surface area contributed by atoms with Gasteiger partial charge in [-0.05, 0) is 48.8 Å². The van der Waals surface area contributed by atoms with Gasteiger partial charge in [-0.15, -0.1) is 0 Å². The molecule has 0 aromatic heterocycles. The number of nitro benzene ring substituents is 1. The van der Waals surface area contributed by atoms with Crippen LogP contribution in [0.15, 0.2) is 48.5 Å². The van der Waals surface area contributed by atoms with Crippen molar-refractivity contribution in [3.05, 3.63) is 64.2 Å². The fraction of sp³-hybridized carbons (Fsp3) is 0.263. The van der Waals surface area contributed by atoms with Crippen molar-refractivity contribution < 1.29 is 14.5 Å². The lowest BCUT2D eigenvalue weighted by Crippen LogP contribution is -2.34. The van der Waals surface area contributed by atoms with E-state index in [4.69, 9.17) is 17.0 Å². The predicted octanol–water partition coefficient (Wildman–Crippen LogP) is 4.15. The number of thiocarbonyl (C=S) groups is 1. The van der Waals surface area contributed by atoms with Gasteiger partial charge in [-0.25, -0.2) is 0 Å². The van der Waals surface area contributed by atoms with Crippen LogP contribution in [0, 0.1) is 16.0 Å². The first-order valence-corrected chi connectivity index (χ1v) is 8.85. The Labute approximate surface area is 162 Å². The van der Waals surface area contributed by atoms with Gasteiger partial charge in [-0.3, -0.25) is 20.2 Å². The maximum Gasteiger partial charge on any atom is 0.269 e. The molecular formula is C19H21N3O4S. The number of carbonyl (C=O) groups excluding carboxylic acids is 1. The highest BCUT2D eigenvalue weighted by Crippen LogP contribution is 2.18. The van der Waals surface area contributed by atoms with Crippen LogP contribution in [0.2, 0.25) is 0 Å². The van der Waals surface area contributed by atoms with E-state index in [0.717, 1.165) is 6.42 Å². The third kappa shape index (κ3) is 6.67. The highest BCUT2D eigenvalue weighted by molar-refractivity contribution is 7.80. The average Bonchev–Trinajstić information content (AvgIpc) is 2.61. The molecule has 0 spiro atoms. The summed E-state index contributed by atoms with van der Waals surface area (Å²) in [5, 5.41) is 16.2. The number of non-ortho nitro benzene ring substituents is 1. The van der Waals surface area contributed by atoms with E-state index in [2.05, 4.69) is 24.5 Å². The van der Waals surface area contributed by atoms with Crippen molar-refractivity contribution in [2.45, 2.75) is 20.3 Å². The van der Waals surface area contributed by atoms with Gasteiger partial charge >= 0.3 is 0 Å². The molecule has 0 heterocycles. The molecule has 0 bridgehead atoms. The van der Waals surface area contributed by atoms with Crippen molar-refractivity contribution in [2.75, 3.05) is 11.9 Å². The lowest BCUT2D eigenvalue weighted by Gasteiger charge is -2.12. The van der Waals surface area contributed by atoms with Crippen LogP contribution in [-0.4, -0.2) is 22.5 Å². The minimum Gasteiger partial charge on any atom is -0.494 e. The van der Waals surface area contributed by atoms with Crippen molar-refractivity contribution in [2.24, 2.45) is 5.92 Å². The summed E-state index contributed by atoms with van der Waals surface area (Å²) in [5.41, 5.74) is 0.878. The summed E-state index contributed by atoms with van der Waals surface area (Å²) < 4.78 is 5.69. The van der Waals surface area contributed by atoms with Crippen molar-refractivity contribution in [3.8, 4) is 5.75 Å². The van der Waals surface area contributed by atoms with Crippen LogP contribution >= 0.6 is 12.2 Å². The molecule has 2 aromatic carbocycles. The highest BCUT2D eigenvalue weighted by Gasteiger charge is 2.11. The maximum atomic E-state index is 12.2. The van der Waals surface area contributed by atoms with Crippen LogP contribution in [0.3, 0.4) is 0 Å². The second-order valence-electron chi connectivity index (χ2n) is 6.27. The van der Waals surface area contributed by atoms with Crippen molar-refractivity contribution in [1.29, 1.82) is 0 Å². The third-order valence-corrected chi connectivity index (χ3v) is 3.83. The van der Waals surface area contributed by atoms with Gasteiger partial charge < -0.3 is 10.1 Å². The Morgan fingerprint density at radius 3 is 2.56 bits per heavy atom. The molecule has 7 nitrogen and oxygen atoms in total. The summed E-state index contributed by atoms with van der Waals surface area (Å²) in [5.74, 6) is 0.824. The minimum atomic E-state index is -0.524. The maximum absolute atomic E-state index is 12.2. The van der Waals surface area contributed by atoms with Crippen molar-refractivity contribution in [3.63, 3.8) is 0 Å². The van der Waals surface area contributed by atoms with E-state index in [-0.39, 0.29) is 16.4 Å². The number of benzene rings is 2. The van der Waals surface area contributed by atoms with E-state index in [1.54, 1.807) is 12.1 Å². The van der Waals surface area contributed by atoms with Crippen molar-refractivity contribution in [1.82, 2.24) is 5.32 Å². The number of carbonyl (C=O) groups is 1. The van der Waals surface area contributed by atoms with E-state index < -0.39 is 10.8 Å². The third-order valence-electron chi connectivity index (χ3n) is 3.62. The Hall–Kier alpha value is -3.00. The monoisotopic (exact) mass is 387 g/mol. The zero-order chi connectivity index (χ0) is 19.8. The first-order valence-electron chi connectivity index (χ1n) is 8.45. The Kier molecular flexibility index (Phi) is 7.25. The minimum absolute atomic E-state index is 0.0819. The fourth-order valence-electron chi connectivity index (χ4n) is 2.15. The molecule has 0 radical (unpaired) electrons. The molecular weight excluding hydrogens is 366 g/mol. The van der Waals surface area contributed by atoms with Gasteiger partial charge in [-0.1, -0.05) is 19.9 Å². The molecule has 27 heavy (non-hydrogen) atoms. The molecule has 0 fully saturated rings. The molecule has 1 amide bonds. The van der Waals surface area contributed by atoms with Gasteiger partial charge in [-0.2, -0.15) is 0 Å². The summed E-state index contributed by atoms with van der Waals surface area (Å²) in [6, 6.07) is 12.6. The topological polar surface area (TPSA) is 93.5 Å². The first kappa shape index (κ1) is 20.3. The van der Waals surface area contributed by atoms with E-state index in [1.165, 1.54) is 24.3 Å². The molecule has 8 heteroatoms. The lowest BCUT2D eigenvalue weighted by atomic mass is 10.1. The van der Waals surface area contributed by atoms with Crippen LogP contribution in [0.25, 0.3) is 0 Å². The number of nitro groups is 1. The van der Waals surface area contributed by atoms with Crippen LogP contribution in [0.1, 0.15) is 30.6 Å². The number of nitrogens with one attached hydrogen (secondary N) is 2. The van der Waals surface area contributed by atoms with Gasteiger partial charge in [0, 0.05) is 29.4 Å². The van der Waals surface area contributed by atoms with Crippen LogP contribution < -0.4 is 15.4 Å². The Morgan fingerprint density at radius 1 is 1.22 bits per heavy atom. The van der Waals surface area contributed by atoms with Crippen molar-refractivity contribution >= 4 is 34.6 Å². The second kappa shape index (κ2) is 9.63. The number of hydrogen-bond acceptors (Lipinski definition) is 5. The summed E-state index contributed by atoms with van der Waals surface area (Å²) in [7, 11) is 0. The van der Waals surface area contributed by atoms with Gasteiger partial charge in [0.25, 0.3) is 11.6 Å². The average molecular weight is 387 g/mol. The van der Waals surface area contributed by atoms with Gasteiger partial charge in [0.05, 0.1) is 11.5 Å². The Morgan fingerprint density at radius 2 is 1.93 bits per heavy atom. The molecule has 2 rings (SSSR count). The van der Waals surface area contributed by atoms with E-state index >= 15 is 0 Å². The number of rotatable bonds is 7. The standard InChI is InChI=1S/C19H21N3O4S/c1-13(2)10-11-26-17-5-3-4-15(12-17)20-19(27)21-18(23)14-6-8-16(9-7-14)22(24)25/h3-9,12-13H,10-11H2,1-2H3,(H2,20,21,23,27). The molecule has 0 saturated heterocycles. The molecule has 0 unspecified atom stereocenters. The second-order valence-corrected chi connectivity index (χ2v) is 6.68. The molecule has 142 valence electrons. The van der Waals surface area contributed by atoms with Crippen LogP contribution in [-0.2, 0) is 0 Å². The molecule has 0 aliphatic heterocycles. The van der Waals surface area contributed by atoms with Gasteiger partial charge in [0.2, 0.25) is 0 Å². The van der Waals surface area contributed by atoms with E-state index in [9.17, 15) is 14.9 Å². The number of nitrogens with zero attached hydrogens (tertiary/aromatic N) is 1. The Balaban J connectivity index is 1.91. The summed E-state index contributed by atoms with van der Waals surface area (Å²) >= 11 is 5.15. The number of hydrogen-bond donors (Lipinski definition) is 2. The van der Waals surface area contributed by atoms with Gasteiger partial charge in [0.15, 0.2) is 5.11 Å². The number of amides is 1. The quantitative estimate of drug-likeness (QED) is 0.421. The first-order chi connectivity index (χ1) is 12.8. The summed E-state index contributed by atoms with van der Waals surface area (Å²) in [4.78, 5) is 22.3. The number of anilines is 1. The van der Waals surface area contributed by atoms with E-state index in [1.807, 2.05) is 12.1 Å². The molecule has 0 aliphatic rings. The van der Waals surface area contributed by atoms with E-state index in [0.29, 0.717) is 24.0 Å². The SMILES string of the molecule is CC(C)CCOc1cccc(NC(=S)NC(=O)c2ccc([N+](=O)[O-])cc2)c1. The number of ether oxygens (including phenoxy) is 1. The summed E-state index contributed by atoms with van der Waals surface area (Å²) in [6.45, 7) is 4.89. The normalized spacial score (nSPS) is 10.3. The largest absolute Gasteiger partial charge is 0.494 e. The molecule has 0 atom stereocenters. The van der Waals surface area contributed by atoms with Crippen LogP contribution in [0.5, 0.6) is 5.75 Å². The summed E-state index contributed by atoms with van der Waals surface area (Å²) in [6.07, 6.45) is 0.960. The zero-order valence-electron chi connectivity index (χ0n) is 15.1. The molecule has 2 N–H and O–H groups in total. The van der Waals surface area contributed by atoms with Crippen LogP contribution in [0.4, 0.5) is 11.4 Å². The fourth-order valence-corrected chi connectivity index (χ4v) is 2.36.